The molecule has 1 aromatic carbocycles. The summed E-state index contributed by atoms with van der Waals surface area (Å²) in [6, 6.07) is 10.8. The third kappa shape index (κ3) is 6.35. The van der Waals surface area contributed by atoms with Crippen LogP contribution in [0.15, 0.2) is 47.1 Å². The van der Waals surface area contributed by atoms with E-state index in [1.807, 2.05) is 12.1 Å². The van der Waals surface area contributed by atoms with Gasteiger partial charge in [-0.05, 0) is 42.8 Å². The predicted octanol–water partition coefficient (Wildman–Crippen LogP) is 2.53. The van der Waals surface area contributed by atoms with Crippen molar-refractivity contribution in [2.45, 2.75) is 26.3 Å². The second-order valence-corrected chi connectivity index (χ2v) is 7.15. The van der Waals surface area contributed by atoms with Gasteiger partial charge in [0, 0.05) is 31.7 Å². The van der Waals surface area contributed by atoms with Crippen LogP contribution in [0.1, 0.15) is 35.9 Å². The van der Waals surface area contributed by atoms with Crippen molar-refractivity contribution in [2.24, 2.45) is 0 Å². The Balaban J connectivity index is 1.38. The Morgan fingerprint density at radius 2 is 1.86 bits per heavy atom. The lowest BCUT2D eigenvalue weighted by Crippen LogP contribution is -2.50. The molecule has 2 heterocycles. The van der Waals surface area contributed by atoms with Crippen LogP contribution in [0.25, 0.3) is 0 Å². The number of hydrogen-bond acceptors (Lipinski definition) is 5. The number of nitrogens with zero attached hydrogens (tertiary/aromatic N) is 2. The van der Waals surface area contributed by atoms with Crippen molar-refractivity contribution in [3.63, 3.8) is 0 Å². The highest BCUT2D eigenvalue weighted by atomic mass is 16.5. The number of hydrogen-bond donors (Lipinski definition) is 1. The standard InChI is InChI=1S/C22H29N3O4/c1-2-3-14-28-19-8-6-18(7-9-19)22(27)23-16-21(26)25-12-10-24(11-13-25)17-20-5-4-15-29-20/h4-9,15H,2-3,10-14,16-17H2,1H3,(H,23,27). The van der Waals surface area contributed by atoms with Crippen LogP contribution >= 0.6 is 0 Å². The Labute approximate surface area is 171 Å². The SMILES string of the molecule is CCCCOc1ccc(C(=O)NCC(=O)N2CCN(Cc3ccco3)CC2)cc1. The first-order valence-corrected chi connectivity index (χ1v) is 10.2. The molecule has 0 spiro atoms. The molecular formula is C22H29N3O4. The molecule has 0 bridgehead atoms. The molecule has 0 radical (unpaired) electrons. The summed E-state index contributed by atoms with van der Waals surface area (Å²) in [6.45, 7) is 6.43. The van der Waals surface area contributed by atoms with Crippen LogP contribution in [0.3, 0.4) is 0 Å². The smallest absolute Gasteiger partial charge is 0.251 e. The van der Waals surface area contributed by atoms with E-state index in [9.17, 15) is 9.59 Å². The lowest BCUT2D eigenvalue weighted by Gasteiger charge is -2.34. The van der Waals surface area contributed by atoms with Crippen molar-refractivity contribution in [3.8, 4) is 5.75 Å². The average Bonchev–Trinajstić information content (AvgIpc) is 3.26. The lowest BCUT2D eigenvalue weighted by molar-refractivity contribution is -0.131. The van der Waals surface area contributed by atoms with Crippen molar-refractivity contribution in [1.29, 1.82) is 0 Å². The van der Waals surface area contributed by atoms with E-state index >= 15 is 0 Å². The fourth-order valence-electron chi connectivity index (χ4n) is 3.18. The topological polar surface area (TPSA) is 75.0 Å². The molecule has 7 nitrogen and oxygen atoms in total. The number of furan rings is 1. The number of ether oxygens (including phenoxy) is 1. The van der Waals surface area contributed by atoms with E-state index in [0.29, 0.717) is 25.3 Å². The minimum absolute atomic E-state index is 0.00572. The maximum Gasteiger partial charge on any atom is 0.251 e. The molecular weight excluding hydrogens is 370 g/mol. The number of amides is 2. The average molecular weight is 399 g/mol. The van der Waals surface area contributed by atoms with Gasteiger partial charge in [0.05, 0.1) is 26.0 Å². The van der Waals surface area contributed by atoms with E-state index in [0.717, 1.165) is 44.0 Å². The van der Waals surface area contributed by atoms with Crippen molar-refractivity contribution < 1.29 is 18.7 Å². The molecule has 1 fully saturated rings. The van der Waals surface area contributed by atoms with E-state index in [1.54, 1.807) is 35.4 Å². The Morgan fingerprint density at radius 1 is 1.10 bits per heavy atom. The highest BCUT2D eigenvalue weighted by Gasteiger charge is 2.22. The Kier molecular flexibility index (Phi) is 7.69. The molecule has 2 amide bonds. The normalized spacial score (nSPS) is 14.6. The minimum atomic E-state index is -0.255. The van der Waals surface area contributed by atoms with Gasteiger partial charge in [0.1, 0.15) is 11.5 Å². The number of carbonyl (C=O) groups is 2. The Morgan fingerprint density at radius 3 is 2.52 bits per heavy atom. The van der Waals surface area contributed by atoms with Gasteiger partial charge in [-0.15, -0.1) is 0 Å². The molecule has 0 atom stereocenters. The van der Waals surface area contributed by atoms with E-state index in [-0.39, 0.29) is 18.4 Å². The van der Waals surface area contributed by atoms with Gasteiger partial charge in [-0.25, -0.2) is 0 Å². The van der Waals surface area contributed by atoms with Gasteiger partial charge in [-0.1, -0.05) is 13.3 Å². The molecule has 1 aliphatic rings. The third-order valence-electron chi connectivity index (χ3n) is 4.97. The summed E-state index contributed by atoms with van der Waals surface area (Å²) in [6.07, 6.45) is 3.75. The number of unbranched alkanes of at least 4 members (excludes halogenated alkanes) is 1. The van der Waals surface area contributed by atoms with E-state index < -0.39 is 0 Å². The minimum Gasteiger partial charge on any atom is -0.494 e. The molecule has 1 N–H and O–H groups in total. The van der Waals surface area contributed by atoms with Gasteiger partial charge in [-0.3, -0.25) is 14.5 Å². The molecule has 2 aromatic rings. The summed E-state index contributed by atoms with van der Waals surface area (Å²) in [5.41, 5.74) is 0.518. The van der Waals surface area contributed by atoms with E-state index in [1.165, 1.54) is 0 Å². The molecule has 1 aromatic heterocycles. The zero-order chi connectivity index (χ0) is 20.5. The zero-order valence-electron chi connectivity index (χ0n) is 16.9. The van der Waals surface area contributed by atoms with Crippen molar-refractivity contribution in [3.05, 3.63) is 54.0 Å². The van der Waals surface area contributed by atoms with Gasteiger partial charge in [0.25, 0.3) is 5.91 Å². The molecule has 1 saturated heterocycles. The monoisotopic (exact) mass is 399 g/mol. The maximum atomic E-state index is 12.4. The molecule has 0 aliphatic carbocycles. The molecule has 156 valence electrons. The highest BCUT2D eigenvalue weighted by molar-refractivity contribution is 5.96. The molecule has 0 unspecified atom stereocenters. The van der Waals surface area contributed by atoms with Crippen LogP contribution in [0.5, 0.6) is 5.75 Å². The molecule has 3 rings (SSSR count). The number of piperazine rings is 1. The van der Waals surface area contributed by atoms with Gasteiger partial charge in [-0.2, -0.15) is 0 Å². The summed E-state index contributed by atoms with van der Waals surface area (Å²) in [4.78, 5) is 28.8. The number of rotatable bonds is 9. The predicted molar refractivity (Wildman–Crippen MR) is 110 cm³/mol. The number of nitrogens with one attached hydrogen (secondary N) is 1. The van der Waals surface area contributed by atoms with Gasteiger partial charge >= 0.3 is 0 Å². The number of benzene rings is 1. The van der Waals surface area contributed by atoms with Gasteiger partial charge < -0.3 is 19.4 Å². The molecule has 7 heteroatoms. The molecule has 29 heavy (non-hydrogen) atoms. The van der Waals surface area contributed by atoms with Crippen LogP contribution in [0.4, 0.5) is 0 Å². The maximum absolute atomic E-state index is 12.4. The lowest BCUT2D eigenvalue weighted by atomic mass is 10.2. The fourth-order valence-corrected chi connectivity index (χ4v) is 3.18. The quantitative estimate of drug-likeness (QED) is 0.656. The van der Waals surface area contributed by atoms with E-state index in [4.69, 9.17) is 9.15 Å². The summed E-state index contributed by atoms with van der Waals surface area (Å²) < 4.78 is 11.0. The second kappa shape index (κ2) is 10.7. The fraction of sp³-hybridized carbons (Fsp3) is 0.455. The third-order valence-corrected chi connectivity index (χ3v) is 4.97. The summed E-state index contributed by atoms with van der Waals surface area (Å²) in [7, 11) is 0. The van der Waals surface area contributed by atoms with Crippen LogP contribution in [0.2, 0.25) is 0 Å². The van der Waals surface area contributed by atoms with Crippen molar-refractivity contribution >= 4 is 11.8 Å². The van der Waals surface area contributed by atoms with Crippen molar-refractivity contribution in [1.82, 2.24) is 15.1 Å². The summed E-state index contributed by atoms with van der Waals surface area (Å²) in [5.74, 6) is 1.36. The van der Waals surface area contributed by atoms with Crippen LogP contribution in [-0.4, -0.2) is 60.9 Å². The first-order chi connectivity index (χ1) is 14.2. The van der Waals surface area contributed by atoms with Crippen LogP contribution in [-0.2, 0) is 11.3 Å². The zero-order valence-corrected chi connectivity index (χ0v) is 16.9. The van der Waals surface area contributed by atoms with Crippen molar-refractivity contribution in [2.75, 3.05) is 39.3 Å². The Bertz CT molecular complexity index is 766. The largest absolute Gasteiger partial charge is 0.494 e. The number of carbonyl (C=O) groups excluding carboxylic acids is 2. The first kappa shape index (κ1) is 20.9. The Hall–Kier alpha value is -2.80. The summed E-state index contributed by atoms with van der Waals surface area (Å²) >= 11 is 0. The van der Waals surface area contributed by atoms with Gasteiger partial charge in [0.2, 0.25) is 5.91 Å². The van der Waals surface area contributed by atoms with Crippen LogP contribution in [0, 0.1) is 0 Å². The van der Waals surface area contributed by atoms with Gasteiger partial charge in [0.15, 0.2) is 0 Å². The van der Waals surface area contributed by atoms with Crippen LogP contribution < -0.4 is 10.1 Å². The highest BCUT2D eigenvalue weighted by Crippen LogP contribution is 2.13. The second-order valence-electron chi connectivity index (χ2n) is 7.15. The molecule has 1 aliphatic heterocycles. The first-order valence-electron chi connectivity index (χ1n) is 10.2. The summed E-state index contributed by atoms with van der Waals surface area (Å²) in [5, 5.41) is 2.72. The van der Waals surface area contributed by atoms with E-state index in [2.05, 4.69) is 17.1 Å². The molecule has 0 saturated carbocycles.